The Morgan fingerprint density at radius 3 is 1.44 bits per heavy atom. The van der Waals surface area contributed by atoms with E-state index in [0.29, 0.717) is 0 Å². The van der Waals surface area contributed by atoms with E-state index in [4.69, 9.17) is 0 Å². The highest BCUT2D eigenvalue weighted by Gasteiger charge is 2.41. The van der Waals surface area contributed by atoms with Crippen LogP contribution < -0.4 is 0 Å². The van der Waals surface area contributed by atoms with E-state index in [1.165, 1.54) is 28.2 Å². The summed E-state index contributed by atoms with van der Waals surface area (Å²) >= 11 is 0. The third kappa shape index (κ3) is 2.77. The van der Waals surface area contributed by atoms with Crippen molar-refractivity contribution in [2.45, 2.75) is 0 Å². The van der Waals surface area contributed by atoms with Crippen LogP contribution in [0.2, 0.25) is 0 Å². The average Bonchev–Trinajstić information content (AvgIpc) is 1.98. The lowest BCUT2D eigenvalue weighted by Gasteiger charge is -2.27. The van der Waals surface area contributed by atoms with Crippen molar-refractivity contribution in [2.24, 2.45) is 13.5 Å². The minimum Gasteiger partial charge on any atom is -0.232 e. The van der Waals surface area contributed by atoms with Crippen molar-refractivity contribution in [1.82, 2.24) is 9.34 Å². The molecule has 96 valence electrons. The minimum absolute atomic E-state index is 0.799. The van der Waals surface area contributed by atoms with Crippen molar-refractivity contribution >= 4 is 23.2 Å². The van der Waals surface area contributed by atoms with Crippen molar-refractivity contribution in [3.8, 4) is 0 Å². The first kappa shape index (κ1) is 14.4. The van der Waals surface area contributed by atoms with Crippen LogP contribution in [-0.2, 0) is 0 Å². The molecule has 0 spiro atoms. The van der Waals surface area contributed by atoms with Gasteiger partial charge < -0.3 is 0 Å². The molecule has 0 aromatic carbocycles. The van der Waals surface area contributed by atoms with Crippen LogP contribution in [0, 0.1) is 0 Å². The molecular formula is C4H12F4N5P3. The van der Waals surface area contributed by atoms with Crippen molar-refractivity contribution in [1.29, 1.82) is 0 Å². The summed E-state index contributed by atoms with van der Waals surface area (Å²) in [4.78, 5) is 0. The fourth-order valence-electron chi connectivity index (χ4n) is 0.792. The first-order valence-electron chi connectivity index (χ1n) is 4.06. The van der Waals surface area contributed by atoms with Gasteiger partial charge in [0.25, 0.3) is 0 Å². The Kier molecular flexibility index (Phi) is 3.79. The molecule has 0 N–H and O–H groups in total. The van der Waals surface area contributed by atoms with Gasteiger partial charge in [0.2, 0.25) is 0 Å². The van der Waals surface area contributed by atoms with Crippen LogP contribution in [0.1, 0.15) is 0 Å². The topological polar surface area (TPSA) is 43.6 Å². The summed E-state index contributed by atoms with van der Waals surface area (Å²) in [6.45, 7) is 0. The second-order valence-electron chi connectivity index (χ2n) is 3.41. The van der Waals surface area contributed by atoms with Crippen LogP contribution in [0.5, 0.6) is 0 Å². The first-order valence-corrected chi connectivity index (χ1v) is 8.62. The standard InChI is InChI=1S/C4H12F4N5P3/c1-12(2)15(7)9-14(5,6)10-16(8,11-15)13(3)4/h1-4H3/t15-,16-/m0/s1. The van der Waals surface area contributed by atoms with E-state index in [0.717, 1.165) is 9.34 Å². The van der Waals surface area contributed by atoms with E-state index in [1.54, 1.807) is 0 Å². The Hall–Kier alpha value is 0.330. The molecule has 5 nitrogen and oxygen atoms in total. The Labute approximate surface area is 91.7 Å². The molecule has 0 aliphatic carbocycles. The third-order valence-corrected chi connectivity index (χ3v) is 9.09. The predicted molar refractivity (Wildman–Crippen MR) is 59.9 cm³/mol. The zero-order valence-corrected chi connectivity index (χ0v) is 11.8. The van der Waals surface area contributed by atoms with E-state index in [-0.39, 0.29) is 0 Å². The molecule has 0 fully saturated rings. The highest BCUT2D eigenvalue weighted by atomic mass is 31.3. The quantitative estimate of drug-likeness (QED) is 0.541. The summed E-state index contributed by atoms with van der Waals surface area (Å²) < 4.78 is 64.5. The Morgan fingerprint density at radius 1 is 0.688 bits per heavy atom. The SMILES string of the molecule is CN(C)[P@@]1(F)=NP(F)(F)=N[P@](F)(N(C)C)=N1. The fourth-order valence-corrected chi connectivity index (χ4v) is 8.10. The lowest BCUT2D eigenvalue weighted by molar-refractivity contribution is 0.588. The number of halogens is 4. The molecule has 0 bridgehead atoms. The van der Waals surface area contributed by atoms with Crippen LogP contribution in [0.15, 0.2) is 13.5 Å². The van der Waals surface area contributed by atoms with Gasteiger partial charge in [0, 0.05) is 0 Å². The van der Waals surface area contributed by atoms with E-state index in [1.807, 2.05) is 0 Å². The Balaban J connectivity index is 3.56. The van der Waals surface area contributed by atoms with Crippen molar-refractivity contribution in [3.05, 3.63) is 0 Å². The van der Waals surface area contributed by atoms with Gasteiger partial charge in [-0.05, 0) is 28.2 Å². The van der Waals surface area contributed by atoms with Gasteiger partial charge >= 0.3 is 23.2 Å². The van der Waals surface area contributed by atoms with Gasteiger partial charge in [0.1, 0.15) is 0 Å². The number of hydrogen-bond acceptors (Lipinski definition) is 5. The van der Waals surface area contributed by atoms with E-state index >= 15 is 0 Å². The third-order valence-electron chi connectivity index (χ3n) is 1.69. The number of nitrogens with zero attached hydrogens (tertiary/aromatic N) is 5. The molecule has 1 rings (SSSR count). The molecular weight excluding hydrogens is 287 g/mol. The molecule has 1 heterocycles. The lowest BCUT2D eigenvalue weighted by Crippen LogP contribution is -2.08. The number of hydrogen-bond donors (Lipinski definition) is 0. The summed E-state index contributed by atoms with van der Waals surface area (Å²) in [5, 5.41) is 0. The van der Waals surface area contributed by atoms with Crippen molar-refractivity contribution < 1.29 is 16.8 Å². The molecule has 2 atom stereocenters. The summed E-state index contributed by atoms with van der Waals surface area (Å²) in [5.41, 5.74) is 0. The second-order valence-corrected chi connectivity index (χ2v) is 10.0. The van der Waals surface area contributed by atoms with E-state index in [2.05, 4.69) is 13.5 Å². The van der Waals surface area contributed by atoms with Gasteiger partial charge in [-0.3, -0.25) is 0 Å². The summed E-state index contributed by atoms with van der Waals surface area (Å²) in [6, 6.07) is 0. The van der Waals surface area contributed by atoms with Gasteiger partial charge in [-0.25, -0.2) is 9.34 Å². The van der Waals surface area contributed by atoms with Gasteiger partial charge in [0.15, 0.2) is 0 Å². The van der Waals surface area contributed by atoms with Crippen molar-refractivity contribution in [2.75, 3.05) is 28.2 Å². The zero-order valence-electron chi connectivity index (χ0n) is 9.09. The Bertz CT molecular complexity index is 437. The molecule has 0 saturated carbocycles. The smallest absolute Gasteiger partial charge is 0.232 e. The molecule has 16 heavy (non-hydrogen) atoms. The monoisotopic (exact) mass is 299 g/mol. The molecule has 0 unspecified atom stereocenters. The maximum atomic E-state index is 14.0. The molecule has 1 aliphatic heterocycles. The van der Waals surface area contributed by atoms with Crippen molar-refractivity contribution in [3.63, 3.8) is 0 Å². The predicted octanol–water partition coefficient (Wildman–Crippen LogP) is 4.84. The highest BCUT2D eigenvalue weighted by Crippen LogP contribution is 2.81. The van der Waals surface area contributed by atoms with Gasteiger partial charge in [-0.1, -0.05) is 0 Å². The maximum Gasteiger partial charge on any atom is 0.423 e. The lowest BCUT2D eigenvalue weighted by atomic mass is 11.3. The van der Waals surface area contributed by atoms with Crippen LogP contribution in [0.25, 0.3) is 0 Å². The minimum atomic E-state index is -5.27. The average molecular weight is 299 g/mol. The first-order chi connectivity index (χ1) is 7.01. The maximum absolute atomic E-state index is 14.0. The molecule has 0 aromatic heterocycles. The normalized spacial score (nSPS) is 37.9. The van der Waals surface area contributed by atoms with Crippen LogP contribution >= 0.6 is 23.2 Å². The number of rotatable bonds is 2. The van der Waals surface area contributed by atoms with E-state index < -0.39 is 23.2 Å². The second kappa shape index (κ2) is 4.21. The Morgan fingerprint density at radius 2 is 1.06 bits per heavy atom. The largest absolute Gasteiger partial charge is 0.423 e. The van der Waals surface area contributed by atoms with Gasteiger partial charge in [-0.2, -0.15) is 12.9 Å². The fraction of sp³-hybridized carbons (Fsp3) is 1.00. The molecule has 0 saturated heterocycles. The zero-order chi connectivity index (χ0) is 12.8. The summed E-state index contributed by atoms with van der Waals surface area (Å²) in [7, 11) is -9.09. The molecule has 0 radical (unpaired) electrons. The highest BCUT2D eigenvalue weighted by molar-refractivity contribution is 7.79. The molecule has 0 aromatic rings. The molecule has 1 aliphatic rings. The summed E-state index contributed by atoms with van der Waals surface area (Å²) in [5.74, 6) is 0. The molecule has 0 amide bonds. The van der Waals surface area contributed by atoms with Crippen LogP contribution in [0.4, 0.5) is 16.8 Å². The van der Waals surface area contributed by atoms with Crippen LogP contribution in [0.3, 0.4) is 0 Å². The van der Waals surface area contributed by atoms with Gasteiger partial charge in [-0.15, -0.1) is 17.4 Å². The summed E-state index contributed by atoms with van der Waals surface area (Å²) in [6.07, 6.45) is 0. The van der Waals surface area contributed by atoms with Gasteiger partial charge in [0.05, 0.1) is 0 Å². The van der Waals surface area contributed by atoms with Crippen LogP contribution in [-0.4, -0.2) is 37.5 Å². The molecule has 12 heteroatoms. The van der Waals surface area contributed by atoms with E-state index in [9.17, 15) is 16.8 Å².